The number of likely N-dealkylation sites (N-methyl/N-ethyl adjacent to an activating group) is 1. The molecule has 0 aromatic heterocycles. The fraction of sp³-hybridized carbons (Fsp3) is 0.538. The van der Waals surface area contributed by atoms with E-state index < -0.39 is 43.4 Å². The van der Waals surface area contributed by atoms with Crippen molar-refractivity contribution in [2.24, 2.45) is 0 Å². The summed E-state index contributed by atoms with van der Waals surface area (Å²) in [6, 6.07) is 0. The largest absolute Gasteiger partial charge is 0.501 e. The highest BCUT2D eigenvalue weighted by atomic mass is 19.2. The van der Waals surface area contributed by atoms with Crippen LogP contribution in [-0.2, 0) is 0 Å². The molecule has 0 radical (unpaired) electrons. The second-order valence-corrected chi connectivity index (χ2v) is 4.97. The van der Waals surface area contributed by atoms with Gasteiger partial charge in [0, 0.05) is 18.2 Å². The molecule has 0 aromatic carbocycles. The third-order valence-corrected chi connectivity index (χ3v) is 3.92. The standard InChI is InChI=1S/C13H16F3N3O4/c1-5-7-9-8(3)10(6-2)13(17(4)16,19(22)23)12(15,11(9)14)18(20)21/h5,7H,6H2,1-4H3. The minimum absolute atomic E-state index is 0.112. The number of halogens is 3. The maximum atomic E-state index is 15.2. The first-order chi connectivity index (χ1) is 10.5. The van der Waals surface area contributed by atoms with E-state index >= 15 is 4.39 Å². The van der Waals surface area contributed by atoms with Crippen LogP contribution in [0.5, 0.6) is 0 Å². The van der Waals surface area contributed by atoms with E-state index in [1.165, 1.54) is 26.8 Å². The molecule has 0 aromatic rings. The maximum absolute atomic E-state index is 15.2. The van der Waals surface area contributed by atoms with Crippen molar-refractivity contribution in [2.75, 3.05) is 7.05 Å². The molecule has 1 rings (SSSR count). The van der Waals surface area contributed by atoms with Crippen LogP contribution in [0.4, 0.5) is 13.3 Å². The molecule has 0 saturated heterocycles. The molecule has 2 unspecified atom stereocenters. The summed E-state index contributed by atoms with van der Waals surface area (Å²) in [5.41, 5.74) is -4.74. The third kappa shape index (κ3) is 2.16. The number of nitrogens with zero attached hydrogens (tertiary/aromatic N) is 3. The summed E-state index contributed by atoms with van der Waals surface area (Å²) in [6.45, 7) is 4.04. The highest BCUT2D eigenvalue weighted by Crippen LogP contribution is 2.52. The van der Waals surface area contributed by atoms with Gasteiger partial charge in [-0.3, -0.25) is 20.2 Å². The predicted molar refractivity (Wildman–Crippen MR) is 75.4 cm³/mol. The van der Waals surface area contributed by atoms with E-state index in [1.807, 2.05) is 0 Å². The topological polar surface area (TPSA) is 89.5 Å². The Hall–Kier alpha value is -2.23. The number of hydrogen-bond acceptors (Lipinski definition) is 5. The molecule has 0 fully saturated rings. The van der Waals surface area contributed by atoms with Gasteiger partial charge in [-0.15, -0.1) is 4.48 Å². The van der Waals surface area contributed by atoms with Gasteiger partial charge in [-0.05, 0) is 25.8 Å². The van der Waals surface area contributed by atoms with E-state index in [2.05, 4.69) is 0 Å². The quantitative estimate of drug-likeness (QED) is 0.253. The Labute approximate surface area is 130 Å². The molecular formula is C13H16F3N3O4. The first-order valence-corrected chi connectivity index (χ1v) is 6.66. The maximum Gasteiger partial charge on any atom is 0.501 e. The molecule has 0 amide bonds. The summed E-state index contributed by atoms with van der Waals surface area (Å²) in [4.78, 5) is 19.4. The minimum atomic E-state index is -4.40. The molecule has 0 heterocycles. The number of alkyl halides is 1. The van der Waals surface area contributed by atoms with Crippen molar-refractivity contribution in [3.8, 4) is 0 Å². The third-order valence-electron chi connectivity index (χ3n) is 3.92. The molecule has 1 aliphatic carbocycles. The molecule has 0 spiro atoms. The van der Waals surface area contributed by atoms with Crippen molar-refractivity contribution in [3.05, 3.63) is 54.9 Å². The van der Waals surface area contributed by atoms with Gasteiger partial charge >= 0.3 is 11.5 Å². The van der Waals surface area contributed by atoms with Crippen LogP contribution in [0, 0.1) is 20.2 Å². The summed E-state index contributed by atoms with van der Waals surface area (Å²) >= 11 is 0. The Balaban J connectivity index is 4.10. The molecule has 1 aliphatic rings. The van der Waals surface area contributed by atoms with Gasteiger partial charge in [0.25, 0.3) is 0 Å². The monoisotopic (exact) mass is 335 g/mol. The first kappa shape index (κ1) is 18.8. The van der Waals surface area contributed by atoms with Gasteiger partial charge in [-0.25, -0.2) is 0 Å². The van der Waals surface area contributed by atoms with Crippen LogP contribution in [0.3, 0.4) is 0 Å². The molecule has 23 heavy (non-hydrogen) atoms. The van der Waals surface area contributed by atoms with E-state index in [4.69, 9.17) is 0 Å². The summed E-state index contributed by atoms with van der Waals surface area (Å²) < 4.78 is 43.8. The summed E-state index contributed by atoms with van der Waals surface area (Å²) in [5, 5.41) is 22.0. The second-order valence-electron chi connectivity index (χ2n) is 4.97. The lowest BCUT2D eigenvalue weighted by atomic mass is 9.76. The zero-order valence-electron chi connectivity index (χ0n) is 13.0. The fourth-order valence-electron chi connectivity index (χ4n) is 2.94. The van der Waals surface area contributed by atoms with Crippen LogP contribution in [-0.4, -0.2) is 33.5 Å². The molecule has 0 aliphatic heterocycles. The van der Waals surface area contributed by atoms with Crippen LogP contribution in [0.15, 0.2) is 34.7 Å². The van der Waals surface area contributed by atoms with Gasteiger partial charge in [0.05, 0.1) is 9.85 Å². The van der Waals surface area contributed by atoms with Crippen LogP contribution in [0.25, 0.3) is 0 Å². The molecular weight excluding hydrogens is 319 g/mol. The number of nitro groups is 2. The fourth-order valence-corrected chi connectivity index (χ4v) is 2.94. The van der Waals surface area contributed by atoms with Crippen molar-refractivity contribution in [1.29, 1.82) is 0 Å². The van der Waals surface area contributed by atoms with E-state index in [0.717, 1.165) is 6.08 Å². The summed E-state index contributed by atoms with van der Waals surface area (Å²) in [7, 11) is 0.456. The van der Waals surface area contributed by atoms with Gasteiger partial charge in [-0.1, -0.05) is 24.2 Å². The van der Waals surface area contributed by atoms with Crippen LogP contribution < -0.4 is 0 Å². The first-order valence-electron chi connectivity index (χ1n) is 6.66. The smallest absolute Gasteiger partial charge is 0.262 e. The minimum Gasteiger partial charge on any atom is -0.262 e. The zero-order chi connectivity index (χ0) is 18.2. The lowest BCUT2D eigenvalue weighted by Crippen LogP contribution is -2.69. The Morgan fingerprint density at radius 1 is 1.30 bits per heavy atom. The molecule has 0 N–H and O–H groups in total. The normalized spacial score (nSPS) is 28.9. The van der Waals surface area contributed by atoms with Crippen molar-refractivity contribution in [3.63, 3.8) is 0 Å². The van der Waals surface area contributed by atoms with Gasteiger partial charge in [-0.2, -0.15) is 8.78 Å². The zero-order valence-corrected chi connectivity index (χ0v) is 13.0. The average molecular weight is 335 g/mol. The van der Waals surface area contributed by atoms with Crippen molar-refractivity contribution < 1.29 is 23.1 Å². The van der Waals surface area contributed by atoms with Crippen molar-refractivity contribution in [2.45, 2.75) is 38.6 Å². The summed E-state index contributed by atoms with van der Waals surface area (Å²) in [5.74, 6) is -6.41. The van der Waals surface area contributed by atoms with E-state index in [0.29, 0.717) is 7.05 Å². The highest BCUT2D eigenvalue weighted by Gasteiger charge is 2.82. The lowest BCUT2D eigenvalue weighted by Gasteiger charge is -2.38. The Morgan fingerprint density at radius 3 is 2.13 bits per heavy atom. The number of allylic oxidation sites excluding steroid dienone is 4. The van der Waals surface area contributed by atoms with Gasteiger partial charge in [0.1, 0.15) is 0 Å². The highest BCUT2D eigenvalue weighted by molar-refractivity contribution is 5.53. The molecule has 7 nitrogen and oxygen atoms in total. The summed E-state index contributed by atoms with van der Waals surface area (Å²) in [6.07, 6.45) is 2.07. The van der Waals surface area contributed by atoms with E-state index in [-0.39, 0.29) is 12.0 Å². The second kappa shape index (κ2) is 6.11. The van der Waals surface area contributed by atoms with Crippen LogP contribution in [0.1, 0.15) is 27.2 Å². The Bertz CT molecular complexity index is 644. The molecule has 0 saturated carbocycles. The average Bonchev–Trinajstić information content (AvgIpc) is 2.45. The Kier molecular flexibility index (Phi) is 5.00. The van der Waals surface area contributed by atoms with E-state index in [1.54, 1.807) is 0 Å². The Morgan fingerprint density at radius 2 is 1.83 bits per heavy atom. The molecule has 10 heteroatoms. The van der Waals surface area contributed by atoms with Gasteiger partial charge in [0.15, 0.2) is 0 Å². The molecule has 0 bridgehead atoms. The van der Waals surface area contributed by atoms with Crippen LogP contribution >= 0.6 is 0 Å². The number of hydrogen-bond donors (Lipinski definition) is 0. The van der Waals surface area contributed by atoms with Gasteiger partial charge in [0.2, 0.25) is 5.83 Å². The van der Waals surface area contributed by atoms with Gasteiger partial charge < -0.3 is 0 Å². The molecule has 2 atom stereocenters. The van der Waals surface area contributed by atoms with Crippen molar-refractivity contribution in [1.82, 2.24) is 5.12 Å². The van der Waals surface area contributed by atoms with Crippen LogP contribution in [0.2, 0.25) is 0 Å². The number of rotatable bonds is 5. The molecule has 128 valence electrons. The lowest BCUT2D eigenvalue weighted by molar-refractivity contribution is -0.723. The van der Waals surface area contributed by atoms with E-state index in [9.17, 15) is 29.1 Å². The SMILES string of the molecule is CC=CC1=C(F)C(F)([N+](=O)[O-])C(N(C)F)([N+](=O)[O-])C(CC)=C1C. The predicted octanol–water partition coefficient (Wildman–Crippen LogP) is 3.26. The van der Waals surface area contributed by atoms with Crippen molar-refractivity contribution >= 4 is 0 Å².